The van der Waals surface area contributed by atoms with Crippen molar-refractivity contribution >= 4 is 0 Å². The maximum absolute atomic E-state index is 4.25. The van der Waals surface area contributed by atoms with Crippen LogP contribution in [0.5, 0.6) is 0 Å². The van der Waals surface area contributed by atoms with E-state index in [-0.39, 0.29) is 0 Å². The minimum atomic E-state index is 0.916. The summed E-state index contributed by atoms with van der Waals surface area (Å²) < 4.78 is 0. The van der Waals surface area contributed by atoms with Gasteiger partial charge in [0.25, 0.3) is 0 Å². The summed E-state index contributed by atoms with van der Waals surface area (Å²) in [4.78, 5) is 12.3. The third-order valence-corrected chi connectivity index (χ3v) is 2.01. The Morgan fingerprint density at radius 1 is 0.857 bits per heavy atom. The molecule has 0 atom stereocenters. The first-order chi connectivity index (χ1) is 6.95. The molecule has 0 amide bonds. The van der Waals surface area contributed by atoms with Crippen LogP contribution in [0.1, 0.15) is 11.4 Å². The van der Waals surface area contributed by atoms with Crippen molar-refractivity contribution in [3.63, 3.8) is 0 Å². The van der Waals surface area contributed by atoms with Gasteiger partial charge in [-0.15, -0.1) is 0 Å². The molecule has 3 nitrogen and oxygen atoms in total. The van der Waals surface area contributed by atoms with Gasteiger partial charge in [0.2, 0.25) is 0 Å². The predicted molar refractivity (Wildman–Crippen MR) is 53.7 cm³/mol. The van der Waals surface area contributed by atoms with E-state index in [4.69, 9.17) is 0 Å². The molecule has 2 aromatic rings. The van der Waals surface area contributed by atoms with Crippen LogP contribution < -0.4 is 0 Å². The zero-order valence-electron chi connectivity index (χ0n) is 7.80. The third kappa shape index (κ3) is 2.36. The molecule has 0 aliphatic rings. The molecule has 3 heteroatoms. The summed E-state index contributed by atoms with van der Waals surface area (Å²) in [5.41, 5.74) is 2.16. The molecule has 0 aliphatic heterocycles. The average molecular weight is 185 g/mol. The fraction of sp³-hybridized carbons (Fsp3) is 0.182. The Balaban J connectivity index is 1.96. The van der Waals surface area contributed by atoms with E-state index in [0.29, 0.717) is 0 Å². The first-order valence-electron chi connectivity index (χ1n) is 4.60. The number of hydrogen-bond donors (Lipinski definition) is 0. The van der Waals surface area contributed by atoms with E-state index in [0.717, 1.165) is 24.2 Å². The van der Waals surface area contributed by atoms with E-state index in [1.165, 1.54) is 0 Å². The van der Waals surface area contributed by atoms with Crippen LogP contribution in [0.15, 0.2) is 43.0 Å². The van der Waals surface area contributed by atoms with E-state index in [1.807, 2.05) is 30.5 Å². The molecule has 14 heavy (non-hydrogen) atoms. The van der Waals surface area contributed by atoms with E-state index in [1.54, 1.807) is 12.5 Å². The molecule has 0 bridgehead atoms. The van der Waals surface area contributed by atoms with Crippen LogP contribution in [0.4, 0.5) is 0 Å². The van der Waals surface area contributed by atoms with Crippen LogP contribution in [0.2, 0.25) is 0 Å². The summed E-state index contributed by atoms with van der Waals surface area (Å²) in [5.74, 6) is 0. The van der Waals surface area contributed by atoms with Gasteiger partial charge in [0.05, 0.1) is 0 Å². The standard InChI is InChI=1S/C11H11N3/c1-2-7-13-10(3-1)4-5-11-6-8-12-9-14-11/h1-3,6-9H,4-5H2. The third-order valence-electron chi connectivity index (χ3n) is 2.01. The summed E-state index contributed by atoms with van der Waals surface area (Å²) in [7, 11) is 0. The number of hydrogen-bond acceptors (Lipinski definition) is 3. The molecule has 0 saturated heterocycles. The van der Waals surface area contributed by atoms with Gasteiger partial charge in [0.15, 0.2) is 0 Å². The lowest BCUT2D eigenvalue weighted by Crippen LogP contribution is -1.95. The second kappa shape index (κ2) is 4.46. The van der Waals surface area contributed by atoms with E-state index >= 15 is 0 Å². The highest BCUT2D eigenvalue weighted by molar-refractivity contribution is 5.07. The van der Waals surface area contributed by atoms with Gasteiger partial charge in [-0.2, -0.15) is 0 Å². The number of pyridine rings is 1. The van der Waals surface area contributed by atoms with Crippen molar-refractivity contribution in [3.05, 3.63) is 54.4 Å². The van der Waals surface area contributed by atoms with Gasteiger partial charge in [0, 0.05) is 23.8 Å². The van der Waals surface area contributed by atoms with Crippen molar-refractivity contribution in [1.29, 1.82) is 0 Å². The topological polar surface area (TPSA) is 38.7 Å². The van der Waals surface area contributed by atoms with Gasteiger partial charge in [-0.1, -0.05) is 6.07 Å². The first kappa shape index (κ1) is 8.81. The molecule has 2 rings (SSSR count). The summed E-state index contributed by atoms with van der Waals surface area (Å²) in [6.07, 6.45) is 7.00. The SMILES string of the molecule is c1ccc(CCc2ccncn2)nc1. The van der Waals surface area contributed by atoms with Crippen molar-refractivity contribution in [1.82, 2.24) is 15.0 Å². The molecule has 0 N–H and O–H groups in total. The fourth-order valence-electron chi connectivity index (χ4n) is 1.27. The Hall–Kier alpha value is -1.77. The lowest BCUT2D eigenvalue weighted by atomic mass is 10.2. The second-order valence-electron chi connectivity index (χ2n) is 3.02. The number of aryl methyl sites for hydroxylation is 2. The molecule has 2 aromatic heterocycles. The molecule has 2 heterocycles. The van der Waals surface area contributed by atoms with Crippen molar-refractivity contribution in [2.75, 3.05) is 0 Å². The van der Waals surface area contributed by atoms with E-state index in [2.05, 4.69) is 15.0 Å². The number of rotatable bonds is 3. The molecule has 0 saturated carbocycles. The fourth-order valence-corrected chi connectivity index (χ4v) is 1.27. The summed E-state index contributed by atoms with van der Waals surface area (Å²) in [5, 5.41) is 0. The van der Waals surface area contributed by atoms with Gasteiger partial charge in [0.1, 0.15) is 6.33 Å². The monoisotopic (exact) mass is 185 g/mol. The number of nitrogens with zero attached hydrogens (tertiary/aromatic N) is 3. The summed E-state index contributed by atoms with van der Waals surface area (Å²) in [6.45, 7) is 0. The maximum Gasteiger partial charge on any atom is 0.115 e. The van der Waals surface area contributed by atoms with Gasteiger partial charge in [-0.25, -0.2) is 9.97 Å². The average Bonchev–Trinajstić information content (AvgIpc) is 2.29. The predicted octanol–water partition coefficient (Wildman–Crippen LogP) is 1.66. The zero-order chi connectivity index (χ0) is 9.64. The van der Waals surface area contributed by atoms with Crippen LogP contribution >= 0.6 is 0 Å². The lowest BCUT2D eigenvalue weighted by molar-refractivity contribution is 0.871. The van der Waals surface area contributed by atoms with Crippen molar-refractivity contribution in [3.8, 4) is 0 Å². The Morgan fingerprint density at radius 3 is 2.36 bits per heavy atom. The molecule has 70 valence electrons. The number of aromatic nitrogens is 3. The van der Waals surface area contributed by atoms with Crippen LogP contribution in [0.3, 0.4) is 0 Å². The highest BCUT2D eigenvalue weighted by atomic mass is 14.8. The Labute approximate surface area is 82.9 Å². The smallest absolute Gasteiger partial charge is 0.115 e. The van der Waals surface area contributed by atoms with Crippen LogP contribution in [-0.2, 0) is 12.8 Å². The molecule has 0 unspecified atom stereocenters. The minimum Gasteiger partial charge on any atom is -0.261 e. The van der Waals surface area contributed by atoms with Gasteiger partial charge in [-0.05, 0) is 31.0 Å². The molecular formula is C11H11N3. The van der Waals surface area contributed by atoms with Gasteiger partial charge in [-0.3, -0.25) is 4.98 Å². The second-order valence-corrected chi connectivity index (χ2v) is 3.02. The normalized spacial score (nSPS) is 10.0. The van der Waals surface area contributed by atoms with Crippen molar-refractivity contribution < 1.29 is 0 Å². The Morgan fingerprint density at radius 2 is 1.71 bits per heavy atom. The quantitative estimate of drug-likeness (QED) is 0.730. The van der Waals surface area contributed by atoms with E-state index < -0.39 is 0 Å². The Bertz CT molecular complexity index is 333. The largest absolute Gasteiger partial charge is 0.261 e. The molecule has 0 fully saturated rings. The highest BCUT2D eigenvalue weighted by Crippen LogP contribution is 2.00. The van der Waals surface area contributed by atoms with Gasteiger partial charge < -0.3 is 0 Å². The molecule has 0 aliphatic carbocycles. The zero-order valence-corrected chi connectivity index (χ0v) is 7.80. The van der Waals surface area contributed by atoms with Gasteiger partial charge >= 0.3 is 0 Å². The van der Waals surface area contributed by atoms with Crippen LogP contribution in [0, 0.1) is 0 Å². The molecule has 0 radical (unpaired) electrons. The van der Waals surface area contributed by atoms with Crippen LogP contribution in [0.25, 0.3) is 0 Å². The lowest BCUT2D eigenvalue weighted by Gasteiger charge is -1.99. The minimum absolute atomic E-state index is 0.916. The van der Waals surface area contributed by atoms with Crippen LogP contribution in [-0.4, -0.2) is 15.0 Å². The first-order valence-corrected chi connectivity index (χ1v) is 4.60. The molecule has 0 spiro atoms. The molecule has 0 aromatic carbocycles. The maximum atomic E-state index is 4.25. The van der Waals surface area contributed by atoms with Crippen molar-refractivity contribution in [2.24, 2.45) is 0 Å². The summed E-state index contributed by atoms with van der Waals surface area (Å²) >= 11 is 0. The molecular weight excluding hydrogens is 174 g/mol. The van der Waals surface area contributed by atoms with Crippen molar-refractivity contribution in [2.45, 2.75) is 12.8 Å². The van der Waals surface area contributed by atoms with E-state index in [9.17, 15) is 0 Å². The highest BCUT2D eigenvalue weighted by Gasteiger charge is 1.95. The summed E-state index contributed by atoms with van der Waals surface area (Å²) in [6, 6.07) is 7.89. The Kier molecular flexibility index (Phi) is 2.81.